The van der Waals surface area contributed by atoms with Crippen LogP contribution in [0.4, 0.5) is 0 Å². The number of halogens is 1. The number of hydrogen-bond donors (Lipinski definition) is 0. The van der Waals surface area contributed by atoms with Gasteiger partial charge in [0.15, 0.2) is 0 Å². The highest BCUT2D eigenvalue weighted by Crippen LogP contribution is 2.19. The first-order valence-electron chi connectivity index (χ1n) is 6.38. The molecular weight excluding hydrogens is 316 g/mol. The van der Waals surface area contributed by atoms with E-state index in [4.69, 9.17) is 11.6 Å². The summed E-state index contributed by atoms with van der Waals surface area (Å²) in [5, 5.41) is -0.631. The van der Waals surface area contributed by atoms with E-state index in [1.54, 1.807) is 4.90 Å². The molecule has 6 nitrogen and oxygen atoms in total. The van der Waals surface area contributed by atoms with Crippen LogP contribution < -0.4 is 0 Å². The summed E-state index contributed by atoms with van der Waals surface area (Å²) >= 11 is 5.33. The van der Waals surface area contributed by atoms with Gasteiger partial charge in [0.25, 0.3) is 5.24 Å². The Morgan fingerprint density at radius 3 is 2.00 bits per heavy atom. The van der Waals surface area contributed by atoms with E-state index in [1.807, 2.05) is 0 Å². The summed E-state index contributed by atoms with van der Waals surface area (Å²) in [6.07, 6.45) is 0. The maximum Gasteiger partial charge on any atom is 0.252 e. The summed E-state index contributed by atoms with van der Waals surface area (Å²) in [7, 11) is -3.61. The first-order chi connectivity index (χ1) is 9.82. The highest BCUT2D eigenvalue weighted by molar-refractivity contribution is 7.89. The van der Waals surface area contributed by atoms with Gasteiger partial charge in [-0.05, 0) is 35.9 Å². The topological polar surface area (TPSA) is 74.8 Å². The molecule has 114 valence electrons. The molecule has 1 aliphatic heterocycles. The average Bonchev–Trinajstić information content (AvgIpc) is 2.47. The lowest BCUT2D eigenvalue weighted by molar-refractivity contribution is -0.129. The summed E-state index contributed by atoms with van der Waals surface area (Å²) in [6.45, 7) is 2.75. The lowest BCUT2D eigenvalue weighted by atomic mass is 10.2. The van der Waals surface area contributed by atoms with E-state index in [-0.39, 0.29) is 29.5 Å². The van der Waals surface area contributed by atoms with Crippen molar-refractivity contribution >= 4 is 32.8 Å². The number of nitrogens with zero attached hydrogens (tertiary/aromatic N) is 2. The second-order valence-corrected chi connectivity index (χ2v) is 6.99. The fraction of sp³-hybridized carbons (Fsp3) is 0.385. The normalized spacial score (nSPS) is 16.8. The van der Waals surface area contributed by atoms with Gasteiger partial charge >= 0.3 is 0 Å². The monoisotopic (exact) mass is 330 g/mol. The number of sulfonamides is 1. The Morgan fingerprint density at radius 2 is 1.57 bits per heavy atom. The lowest BCUT2D eigenvalue weighted by Gasteiger charge is -2.33. The van der Waals surface area contributed by atoms with Crippen molar-refractivity contribution in [1.29, 1.82) is 0 Å². The van der Waals surface area contributed by atoms with Crippen LogP contribution in [0.3, 0.4) is 0 Å². The van der Waals surface area contributed by atoms with Gasteiger partial charge in [-0.25, -0.2) is 8.42 Å². The van der Waals surface area contributed by atoms with Crippen LogP contribution in [0.5, 0.6) is 0 Å². The Labute approximate surface area is 128 Å². The first-order valence-corrected chi connectivity index (χ1v) is 8.20. The van der Waals surface area contributed by atoms with Gasteiger partial charge in [0.2, 0.25) is 15.9 Å². The molecule has 1 aliphatic rings. The molecule has 0 atom stereocenters. The molecule has 1 amide bonds. The Hall–Kier alpha value is -1.44. The van der Waals surface area contributed by atoms with Gasteiger partial charge in [0.05, 0.1) is 4.90 Å². The third-order valence-electron chi connectivity index (χ3n) is 3.40. The van der Waals surface area contributed by atoms with Gasteiger partial charge in [0.1, 0.15) is 0 Å². The number of carbonyl (C=O) groups excluding carboxylic acids is 2. The lowest BCUT2D eigenvalue weighted by Crippen LogP contribution is -2.49. The minimum absolute atomic E-state index is 0.0583. The van der Waals surface area contributed by atoms with Gasteiger partial charge in [-0.2, -0.15) is 4.31 Å². The fourth-order valence-corrected chi connectivity index (χ4v) is 3.70. The molecule has 1 aromatic rings. The maximum atomic E-state index is 12.4. The van der Waals surface area contributed by atoms with Crippen molar-refractivity contribution < 1.29 is 18.0 Å². The molecule has 0 radical (unpaired) electrons. The van der Waals surface area contributed by atoms with Crippen LogP contribution in [0.15, 0.2) is 29.2 Å². The summed E-state index contributed by atoms with van der Waals surface area (Å²) in [5.41, 5.74) is 0.247. The second-order valence-electron chi connectivity index (χ2n) is 4.71. The zero-order valence-electron chi connectivity index (χ0n) is 11.5. The molecule has 21 heavy (non-hydrogen) atoms. The smallest absolute Gasteiger partial charge is 0.252 e. The van der Waals surface area contributed by atoms with E-state index in [2.05, 4.69) is 0 Å². The van der Waals surface area contributed by atoms with Crippen molar-refractivity contribution in [1.82, 2.24) is 9.21 Å². The van der Waals surface area contributed by atoms with Crippen molar-refractivity contribution in [2.75, 3.05) is 26.2 Å². The van der Waals surface area contributed by atoms with Crippen LogP contribution in [0.25, 0.3) is 0 Å². The molecule has 0 unspecified atom stereocenters. The Bertz CT molecular complexity index is 649. The Morgan fingerprint density at radius 1 is 1.05 bits per heavy atom. The predicted molar refractivity (Wildman–Crippen MR) is 77.6 cm³/mol. The summed E-state index contributed by atoms with van der Waals surface area (Å²) in [5.74, 6) is -0.0583. The number of carbonyl (C=O) groups is 2. The first kappa shape index (κ1) is 15.9. The third-order valence-corrected chi connectivity index (χ3v) is 5.53. The van der Waals surface area contributed by atoms with Crippen LogP contribution in [-0.2, 0) is 14.8 Å². The largest absolute Gasteiger partial charge is 0.340 e. The SMILES string of the molecule is CC(=O)N1CCN(S(=O)(=O)c2ccc(C(=O)Cl)cc2)CC1. The number of piperazine rings is 1. The van der Waals surface area contributed by atoms with Gasteiger partial charge in [-0.3, -0.25) is 9.59 Å². The molecule has 0 aromatic heterocycles. The van der Waals surface area contributed by atoms with Gasteiger partial charge in [-0.15, -0.1) is 0 Å². The number of benzene rings is 1. The molecule has 1 aromatic carbocycles. The highest BCUT2D eigenvalue weighted by Gasteiger charge is 2.29. The van der Waals surface area contributed by atoms with E-state index in [0.29, 0.717) is 13.1 Å². The molecule has 1 fully saturated rings. The van der Waals surface area contributed by atoms with Crippen LogP contribution in [0, 0.1) is 0 Å². The van der Waals surface area contributed by atoms with E-state index in [9.17, 15) is 18.0 Å². The van der Waals surface area contributed by atoms with Crippen LogP contribution in [0.1, 0.15) is 17.3 Å². The fourth-order valence-electron chi connectivity index (χ4n) is 2.15. The Balaban J connectivity index is 2.15. The molecule has 8 heteroatoms. The molecule has 0 spiro atoms. The molecule has 1 saturated heterocycles. The number of hydrogen-bond acceptors (Lipinski definition) is 4. The average molecular weight is 331 g/mol. The quantitative estimate of drug-likeness (QED) is 0.772. The van der Waals surface area contributed by atoms with Crippen molar-refractivity contribution in [3.05, 3.63) is 29.8 Å². The van der Waals surface area contributed by atoms with E-state index >= 15 is 0 Å². The third kappa shape index (κ3) is 3.42. The van der Waals surface area contributed by atoms with E-state index in [1.165, 1.54) is 35.5 Å². The van der Waals surface area contributed by atoms with Crippen molar-refractivity contribution in [3.8, 4) is 0 Å². The molecule has 0 N–H and O–H groups in total. The zero-order chi connectivity index (χ0) is 15.6. The van der Waals surface area contributed by atoms with Gasteiger partial charge < -0.3 is 4.90 Å². The van der Waals surface area contributed by atoms with Crippen molar-refractivity contribution in [2.24, 2.45) is 0 Å². The Kier molecular flexibility index (Phi) is 4.65. The van der Waals surface area contributed by atoms with Gasteiger partial charge in [0, 0.05) is 38.7 Å². The minimum atomic E-state index is -3.61. The number of rotatable bonds is 3. The van der Waals surface area contributed by atoms with Crippen LogP contribution in [0.2, 0.25) is 0 Å². The number of amides is 1. The summed E-state index contributed by atoms with van der Waals surface area (Å²) < 4.78 is 26.2. The predicted octanol–water partition coefficient (Wildman–Crippen LogP) is 0.918. The standard InChI is InChI=1S/C13H15ClN2O4S/c1-10(17)15-6-8-16(9-7-15)21(19,20)12-4-2-11(3-5-12)13(14)18/h2-5H,6-9H2,1H3. The molecule has 0 saturated carbocycles. The van der Waals surface area contributed by atoms with Crippen molar-refractivity contribution in [3.63, 3.8) is 0 Å². The summed E-state index contributed by atoms with van der Waals surface area (Å²) in [6, 6.07) is 5.49. The molecule has 2 rings (SSSR count). The van der Waals surface area contributed by atoms with E-state index < -0.39 is 15.3 Å². The van der Waals surface area contributed by atoms with E-state index in [0.717, 1.165) is 0 Å². The van der Waals surface area contributed by atoms with Gasteiger partial charge in [-0.1, -0.05) is 0 Å². The maximum absolute atomic E-state index is 12.4. The van der Waals surface area contributed by atoms with Crippen LogP contribution >= 0.6 is 11.6 Å². The molecule has 1 heterocycles. The minimum Gasteiger partial charge on any atom is -0.340 e. The summed E-state index contributed by atoms with van der Waals surface area (Å²) in [4.78, 5) is 23.9. The second kappa shape index (κ2) is 6.13. The highest BCUT2D eigenvalue weighted by atomic mass is 35.5. The van der Waals surface area contributed by atoms with Crippen LogP contribution in [-0.4, -0.2) is 55.0 Å². The van der Waals surface area contributed by atoms with Crippen molar-refractivity contribution in [2.45, 2.75) is 11.8 Å². The molecule has 0 bridgehead atoms. The molecular formula is C13H15ClN2O4S. The molecule has 0 aliphatic carbocycles. The zero-order valence-corrected chi connectivity index (χ0v) is 13.0.